The van der Waals surface area contributed by atoms with E-state index in [0.29, 0.717) is 6.42 Å². The third-order valence-electron chi connectivity index (χ3n) is 3.52. The van der Waals surface area contributed by atoms with Crippen LogP contribution in [-0.4, -0.2) is 71.4 Å². The summed E-state index contributed by atoms with van der Waals surface area (Å²) in [6.45, 7) is -0.0810. The van der Waals surface area contributed by atoms with Crippen LogP contribution in [0.4, 0.5) is 4.39 Å². The molecule has 24 heavy (non-hydrogen) atoms. The van der Waals surface area contributed by atoms with Gasteiger partial charge in [0.05, 0.1) is 19.9 Å². The Bertz CT molecular complexity index is 549. The van der Waals surface area contributed by atoms with E-state index in [0.717, 1.165) is 11.1 Å². The average molecular weight is 366 g/mol. The molecule has 0 bridgehead atoms. The summed E-state index contributed by atoms with van der Waals surface area (Å²) in [6, 6.07) is 0. The predicted octanol–water partition coefficient (Wildman–Crippen LogP) is -1.16. The summed E-state index contributed by atoms with van der Waals surface area (Å²) in [4.78, 5) is 24.2. The van der Waals surface area contributed by atoms with Crippen molar-refractivity contribution in [1.29, 1.82) is 0 Å². The standard InChI is InChI=1S/C12H16FN2O8P/c13-6-3-15(5-14-11(6)19)12-10(18)9(17)7(22-12)4-21-24-20-2-1-8(16)23-24/h3,7-9,12,16-17H,1-2,4-5H2,(H,14,19)/t7-,8?,9-,12-,24?/m1/s1. The van der Waals surface area contributed by atoms with Crippen LogP contribution in [-0.2, 0) is 27.9 Å². The number of aliphatic hydroxyl groups excluding tert-OH is 2. The Morgan fingerprint density at radius 1 is 1.46 bits per heavy atom. The lowest BCUT2D eigenvalue weighted by Crippen LogP contribution is -2.47. The number of carbonyl (C=O) groups is 2. The molecule has 0 aromatic rings. The third-order valence-corrected chi connectivity index (χ3v) is 4.69. The van der Waals surface area contributed by atoms with Gasteiger partial charge in [0.2, 0.25) is 11.6 Å². The van der Waals surface area contributed by atoms with Crippen LogP contribution < -0.4 is 5.32 Å². The van der Waals surface area contributed by atoms with E-state index in [1.54, 1.807) is 0 Å². The van der Waals surface area contributed by atoms with Gasteiger partial charge in [-0.25, -0.2) is 0 Å². The van der Waals surface area contributed by atoms with E-state index in [4.69, 9.17) is 18.3 Å². The number of ketones is 1. The summed E-state index contributed by atoms with van der Waals surface area (Å²) in [5.41, 5.74) is 0. The minimum absolute atomic E-state index is 0.131. The Balaban J connectivity index is 1.57. The lowest BCUT2D eigenvalue weighted by molar-refractivity contribution is -0.135. The Morgan fingerprint density at radius 3 is 2.96 bits per heavy atom. The van der Waals surface area contributed by atoms with Crippen molar-refractivity contribution in [3.63, 3.8) is 0 Å². The normalized spacial score (nSPS) is 37.4. The van der Waals surface area contributed by atoms with Crippen LogP contribution in [0.2, 0.25) is 0 Å². The average Bonchev–Trinajstić information content (AvgIpc) is 2.84. The van der Waals surface area contributed by atoms with E-state index in [1.807, 2.05) is 0 Å². The number of nitrogens with one attached hydrogen (secondary N) is 1. The second kappa shape index (κ2) is 7.36. The van der Waals surface area contributed by atoms with Crippen LogP contribution >= 0.6 is 8.60 Å². The van der Waals surface area contributed by atoms with E-state index < -0.39 is 50.8 Å². The number of carbonyl (C=O) groups excluding carboxylic acids is 2. The summed E-state index contributed by atoms with van der Waals surface area (Å²) in [5.74, 6) is -2.62. The van der Waals surface area contributed by atoms with Crippen molar-refractivity contribution in [2.45, 2.75) is 31.1 Å². The van der Waals surface area contributed by atoms with E-state index in [2.05, 4.69) is 5.32 Å². The maximum Gasteiger partial charge on any atom is 0.335 e. The van der Waals surface area contributed by atoms with Crippen LogP contribution in [0.5, 0.6) is 0 Å². The highest BCUT2D eigenvalue weighted by atomic mass is 31.2. The minimum Gasteiger partial charge on any atom is -0.382 e. The molecule has 0 aromatic heterocycles. The van der Waals surface area contributed by atoms with Gasteiger partial charge in [0, 0.05) is 12.6 Å². The van der Waals surface area contributed by atoms with Crippen LogP contribution in [0.1, 0.15) is 6.42 Å². The van der Waals surface area contributed by atoms with Crippen molar-refractivity contribution in [3.05, 3.63) is 12.0 Å². The van der Waals surface area contributed by atoms with Gasteiger partial charge in [-0.1, -0.05) is 0 Å². The summed E-state index contributed by atoms with van der Waals surface area (Å²) < 4.78 is 34.2. The third kappa shape index (κ3) is 3.72. The molecule has 10 nitrogen and oxygen atoms in total. The van der Waals surface area contributed by atoms with Gasteiger partial charge in [0.15, 0.2) is 12.5 Å². The van der Waals surface area contributed by atoms with Crippen molar-refractivity contribution in [1.82, 2.24) is 10.2 Å². The van der Waals surface area contributed by atoms with E-state index >= 15 is 0 Å². The second-order valence-electron chi connectivity index (χ2n) is 5.23. The molecule has 0 aromatic carbocycles. The fourth-order valence-corrected chi connectivity index (χ4v) is 3.29. The Labute approximate surface area is 137 Å². The molecule has 0 saturated carbocycles. The van der Waals surface area contributed by atoms with Crippen LogP contribution in [0.15, 0.2) is 12.0 Å². The zero-order chi connectivity index (χ0) is 17.3. The van der Waals surface area contributed by atoms with Crippen molar-refractivity contribution in [2.24, 2.45) is 0 Å². The topological polar surface area (TPSA) is 127 Å². The predicted molar refractivity (Wildman–Crippen MR) is 74.2 cm³/mol. The molecule has 1 amide bonds. The van der Waals surface area contributed by atoms with Crippen molar-refractivity contribution >= 4 is 20.3 Å². The highest BCUT2D eigenvalue weighted by Crippen LogP contribution is 2.44. The number of halogens is 1. The summed E-state index contributed by atoms with van der Waals surface area (Å²) in [7, 11) is -1.80. The van der Waals surface area contributed by atoms with Gasteiger partial charge in [-0.3, -0.25) is 14.1 Å². The molecule has 3 aliphatic heterocycles. The van der Waals surface area contributed by atoms with Crippen molar-refractivity contribution in [2.75, 3.05) is 19.9 Å². The van der Waals surface area contributed by atoms with Crippen LogP contribution in [0.3, 0.4) is 0 Å². The summed E-state index contributed by atoms with van der Waals surface area (Å²) in [6.07, 6.45) is -3.54. The molecule has 0 spiro atoms. The Morgan fingerprint density at radius 2 is 2.25 bits per heavy atom. The summed E-state index contributed by atoms with van der Waals surface area (Å²) >= 11 is 0. The lowest BCUT2D eigenvalue weighted by atomic mass is 10.1. The number of hydrogen-bond donors (Lipinski definition) is 3. The number of rotatable bonds is 4. The molecular formula is C12H16FN2O8P. The first-order valence-corrected chi connectivity index (χ1v) is 8.24. The van der Waals surface area contributed by atoms with Crippen LogP contribution in [0, 0.1) is 0 Å². The first-order chi connectivity index (χ1) is 11.5. The number of hydrogen-bond acceptors (Lipinski definition) is 9. The molecule has 2 fully saturated rings. The maximum absolute atomic E-state index is 13.3. The van der Waals surface area contributed by atoms with Crippen molar-refractivity contribution in [3.8, 4) is 0 Å². The maximum atomic E-state index is 13.3. The molecule has 3 aliphatic rings. The van der Waals surface area contributed by atoms with E-state index in [9.17, 15) is 24.2 Å². The number of ether oxygens (including phenoxy) is 1. The molecular weight excluding hydrogens is 350 g/mol. The molecule has 5 atom stereocenters. The zero-order valence-electron chi connectivity index (χ0n) is 12.3. The van der Waals surface area contributed by atoms with Gasteiger partial charge in [0.1, 0.15) is 12.2 Å². The van der Waals surface area contributed by atoms with Crippen molar-refractivity contribution < 1.29 is 42.5 Å². The number of amides is 1. The molecule has 12 heteroatoms. The van der Waals surface area contributed by atoms with Gasteiger partial charge in [-0.05, 0) is 0 Å². The monoisotopic (exact) mass is 366 g/mol. The molecule has 3 heterocycles. The molecule has 134 valence electrons. The highest BCUT2D eigenvalue weighted by Gasteiger charge is 2.46. The van der Waals surface area contributed by atoms with Gasteiger partial charge in [-0.2, -0.15) is 4.39 Å². The second-order valence-corrected chi connectivity index (χ2v) is 6.41. The highest BCUT2D eigenvalue weighted by molar-refractivity contribution is 7.41. The lowest BCUT2D eigenvalue weighted by Gasteiger charge is -2.29. The molecule has 2 saturated heterocycles. The zero-order valence-corrected chi connectivity index (χ0v) is 13.2. The first-order valence-electron chi connectivity index (χ1n) is 7.15. The quantitative estimate of drug-likeness (QED) is 0.528. The molecule has 2 unspecified atom stereocenters. The molecule has 3 N–H and O–H groups in total. The van der Waals surface area contributed by atoms with Gasteiger partial charge < -0.3 is 34.2 Å². The summed E-state index contributed by atoms with van der Waals surface area (Å²) in [5, 5.41) is 21.5. The van der Waals surface area contributed by atoms with Gasteiger partial charge in [-0.15, -0.1) is 0 Å². The van der Waals surface area contributed by atoms with Gasteiger partial charge in [0.25, 0.3) is 5.91 Å². The number of Topliss-reactive ketones (excluding diaryl/α,β-unsaturated/α-hetero) is 1. The first kappa shape index (κ1) is 17.6. The minimum atomic E-state index is -1.80. The fraction of sp³-hybridized carbons (Fsp3) is 0.667. The molecule has 0 aliphatic carbocycles. The molecule has 3 rings (SSSR count). The smallest absolute Gasteiger partial charge is 0.335 e. The van der Waals surface area contributed by atoms with E-state index in [-0.39, 0.29) is 19.9 Å². The van der Waals surface area contributed by atoms with Gasteiger partial charge >= 0.3 is 8.60 Å². The fourth-order valence-electron chi connectivity index (χ4n) is 2.27. The van der Waals surface area contributed by atoms with E-state index in [1.165, 1.54) is 0 Å². The number of nitrogens with zero attached hydrogens (tertiary/aromatic N) is 1. The SMILES string of the molecule is O=C1NCN([C@@H]2O[C@H](COP3OCCC(O)O3)[C@@H](O)C2=O)C=C1F. The molecule has 0 radical (unpaired) electrons. The Hall–Kier alpha value is -1.20. The number of aliphatic hydroxyl groups is 2. The van der Waals surface area contributed by atoms with Crippen LogP contribution in [0.25, 0.3) is 0 Å². The largest absolute Gasteiger partial charge is 0.382 e. The Kier molecular flexibility index (Phi) is 5.40.